The number of likely N-dealkylation sites (N-methyl/N-ethyl adjacent to an activating group) is 1. The van der Waals surface area contributed by atoms with Crippen molar-refractivity contribution < 1.29 is 13.2 Å². The fourth-order valence-electron chi connectivity index (χ4n) is 1.61. The summed E-state index contributed by atoms with van der Waals surface area (Å²) in [6.45, 7) is 6.35. The van der Waals surface area contributed by atoms with Crippen LogP contribution in [0.25, 0.3) is 0 Å². The van der Waals surface area contributed by atoms with Gasteiger partial charge in [0.05, 0.1) is 18.4 Å². The minimum Gasteiger partial charge on any atom is -0.398 e. The summed E-state index contributed by atoms with van der Waals surface area (Å²) >= 11 is 0. The van der Waals surface area contributed by atoms with Crippen LogP contribution in [-0.4, -0.2) is 39.0 Å². The molecule has 0 bridgehead atoms. The van der Waals surface area contributed by atoms with Gasteiger partial charge < -0.3 is 10.5 Å². The third-order valence-corrected chi connectivity index (χ3v) is 4.64. The molecule has 5 nitrogen and oxygen atoms in total. The zero-order valence-electron chi connectivity index (χ0n) is 11.9. The van der Waals surface area contributed by atoms with E-state index in [-0.39, 0.29) is 16.7 Å². The maximum atomic E-state index is 12.3. The van der Waals surface area contributed by atoms with Gasteiger partial charge in [0.15, 0.2) is 0 Å². The van der Waals surface area contributed by atoms with E-state index in [1.54, 1.807) is 18.2 Å². The van der Waals surface area contributed by atoms with Crippen molar-refractivity contribution in [1.82, 2.24) is 4.31 Å². The zero-order valence-corrected chi connectivity index (χ0v) is 12.7. The van der Waals surface area contributed by atoms with Gasteiger partial charge in [-0.25, -0.2) is 8.42 Å². The van der Waals surface area contributed by atoms with E-state index in [0.717, 1.165) is 5.56 Å². The molecule has 1 rings (SSSR count). The van der Waals surface area contributed by atoms with Crippen molar-refractivity contribution in [2.75, 3.05) is 25.9 Å². The zero-order chi connectivity index (χ0) is 14.6. The fourth-order valence-corrected chi connectivity index (χ4v) is 2.86. The summed E-state index contributed by atoms with van der Waals surface area (Å²) in [5.41, 5.74) is 6.99. The molecule has 0 aliphatic rings. The first-order valence-electron chi connectivity index (χ1n) is 6.19. The Hall–Kier alpha value is -1.11. The van der Waals surface area contributed by atoms with E-state index in [1.165, 1.54) is 11.4 Å². The Balaban J connectivity index is 2.85. The normalized spacial score (nSPS) is 12.3. The number of nitrogens with two attached hydrogens (primary N) is 1. The quantitative estimate of drug-likeness (QED) is 0.807. The van der Waals surface area contributed by atoms with Crippen molar-refractivity contribution in [1.29, 1.82) is 0 Å². The van der Waals surface area contributed by atoms with Crippen LogP contribution in [0.1, 0.15) is 19.4 Å². The van der Waals surface area contributed by atoms with Gasteiger partial charge >= 0.3 is 0 Å². The smallest absolute Gasteiger partial charge is 0.244 e. The third-order valence-electron chi connectivity index (χ3n) is 2.71. The van der Waals surface area contributed by atoms with Crippen molar-refractivity contribution in [2.24, 2.45) is 0 Å². The predicted molar refractivity (Wildman–Crippen MR) is 76.5 cm³/mol. The molecular weight excluding hydrogens is 264 g/mol. The standard InChI is InChI=1S/C13H22N2O3S/c1-10(2)18-8-7-15(4)19(16,17)13-6-5-11(3)9-12(13)14/h5-6,9-10H,7-8,14H2,1-4H3. The van der Waals surface area contributed by atoms with Gasteiger partial charge in [-0.2, -0.15) is 4.31 Å². The van der Waals surface area contributed by atoms with Crippen molar-refractivity contribution >= 4 is 15.7 Å². The van der Waals surface area contributed by atoms with Crippen LogP contribution in [0.2, 0.25) is 0 Å². The summed E-state index contributed by atoms with van der Waals surface area (Å²) in [6.07, 6.45) is 0.0838. The first kappa shape index (κ1) is 15.9. The summed E-state index contributed by atoms with van der Waals surface area (Å²) in [7, 11) is -2.03. The molecule has 0 spiro atoms. The largest absolute Gasteiger partial charge is 0.398 e. The maximum absolute atomic E-state index is 12.3. The predicted octanol–water partition coefficient (Wildman–Crippen LogP) is 1.62. The lowest BCUT2D eigenvalue weighted by Gasteiger charge is -2.19. The molecule has 0 aromatic heterocycles. The SMILES string of the molecule is Cc1ccc(S(=O)(=O)N(C)CCOC(C)C)c(N)c1. The Bertz CT molecular complexity index is 527. The van der Waals surface area contributed by atoms with Crippen LogP contribution in [0.15, 0.2) is 23.1 Å². The van der Waals surface area contributed by atoms with Crippen LogP contribution >= 0.6 is 0 Å². The van der Waals surface area contributed by atoms with E-state index in [9.17, 15) is 8.42 Å². The van der Waals surface area contributed by atoms with Gasteiger partial charge in [0, 0.05) is 13.6 Å². The molecule has 0 atom stereocenters. The number of sulfonamides is 1. The van der Waals surface area contributed by atoms with Crippen LogP contribution in [0.3, 0.4) is 0 Å². The van der Waals surface area contributed by atoms with E-state index in [0.29, 0.717) is 13.2 Å². The van der Waals surface area contributed by atoms with Crippen LogP contribution < -0.4 is 5.73 Å². The first-order chi connectivity index (χ1) is 8.75. The second-order valence-corrected chi connectivity index (χ2v) is 6.80. The second kappa shape index (κ2) is 6.36. The lowest BCUT2D eigenvalue weighted by Crippen LogP contribution is -2.31. The number of hydrogen-bond acceptors (Lipinski definition) is 4. The van der Waals surface area contributed by atoms with Crippen LogP contribution in [0.4, 0.5) is 5.69 Å². The molecule has 0 saturated carbocycles. The second-order valence-electron chi connectivity index (χ2n) is 4.79. The molecule has 1 aromatic carbocycles. The molecule has 0 fully saturated rings. The minimum atomic E-state index is -3.56. The van der Waals surface area contributed by atoms with Crippen LogP contribution in [0, 0.1) is 6.92 Å². The molecule has 0 aliphatic heterocycles. The number of rotatable bonds is 6. The van der Waals surface area contributed by atoms with Crippen molar-refractivity contribution in [3.8, 4) is 0 Å². The number of benzene rings is 1. The van der Waals surface area contributed by atoms with Gasteiger partial charge in [-0.1, -0.05) is 6.07 Å². The summed E-state index contributed by atoms with van der Waals surface area (Å²) in [5, 5.41) is 0. The highest BCUT2D eigenvalue weighted by Gasteiger charge is 2.22. The molecule has 2 N–H and O–H groups in total. The minimum absolute atomic E-state index is 0.0838. The first-order valence-corrected chi connectivity index (χ1v) is 7.63. The Kier molecular flexibility index (Phi) is 5.34. The Labute approximate surface area is 115 Å². The van der Waals surface area contributed by atoms with Gasteiger partial charge in [-0.05, 0) is 38.5 Å². The molecule has 0 amide bonds. The van der Waals surface area contributed by atoms with Crippen molar-refractivity contribution in [2.45, 2.75) is 31.8 Å². The summed E-state index contributed by atoms with van der Waals surface area (Å²) in [5.74, 6) is 0. The number of aryl methyl sites for hydroxylation is 1. The van der Waals surface area contributed by atoms with E-state index in [2.05, 4.69) is 0 Å². The van der Waals surface area contributed by atoms with E-state index < -0.39 is 10.0 Å². The average molecular weight is 286 g/mol. The molecular formula is C13H22N2O3S. The summed E-state index contributed by atoms with van der Waals surface area (Å²) in [6, 6.07) is 4.94. The highest BCUT2D eigenvalue weighted by molar-refractivity contribution is 7.89. The number of anilines is 1. The van der Waals surface area contributed by atoms with Gasteiger partial charge in [-0.3, -0.25) is 0 Å². The monoisotopic (exact) mass is 286 g/mol. The highest BCUT2D eigenvalue weighted by atomic mass is 32.2. The van der Waals surface area contributed by atoms with Gasteiger partial charge in [0.1, 0.15) is 4.90 Å². The molecule has 19 heavy (non-hydrogen) atoms. The van der Waals surface area contributed by atoms with E-state index >= 15 is 0 Å². The van der Waals surface area contributed by atoms with E-state index in [1.807, 2.05) is 20.8 Å². The van der Waals surface area contributed by atoms with Crippen LogP contribution in [0.5, 0.6) is 0 Å². The number of nitrogen functional groups attached to an aromatic ring is 1. The molecule has 6 heteroatoms. The molecule has 0 unspecified atom stereocenters. The molecule has 108 valence electrons. The number of nitrogens with zero attached hydrogens (tertiary/aromatic N) is 1. The topological polar surface area (TPSA) is 72.6 Å². The van der Waals surface area contributed by atoms with Crippen molar-refractivity contribution in [3.63, 3.8) is 0 Å². The van der Waals surface area contributed by atoms with Crippen molar-refractivity contribution in [3.05, 3.63) is 23.8 Å². The summed E-state index contributed by atoms with van der Waals surface area (Å²) in [4.78, 5) is 0.144. The Morgan fingerprint density at radius 2 is 2.00 bits per heavy atom. The Morgan fingerprint density at radius 3 is 2.53 bits per heavy atom. The molecule has 0 radical (unpaired) electrons. The highest BCUT2D eigenvalue weighted by Crippen LogP contribution is 2.22. The average Bonchev–Trinajstić information content (AvgIpc) is 2.27. The lowest BCUT2D eigenvalue weighted by atomic mass is 10.2. The number of hydrogen-bond donors (Lipinski definition) is 1. The third kappa shape index (κ3) is 4.19. The Morgan fingerprint density at radius 1 is 1.37 bits per heavy atom. The molecule has 1 aromatic rings. The molecule has 0 aliphatic carbocycles. The lowest BCUT2D eigenvalue weighted by molar-refractivity contribution is 0.0737. The van der Waals surface area contributed by atoms with E-state index in [4.69, 9.17) is 10.5 Å². The maximum Gasteiger partial charge on any atom is 0.244 e. The fraction of sp³-hybridized carbons (Fsp3) is 0.538. The van der Waals surface area contributed by atoms with Gasteiger partial charge in [0.2, 0.25) is 10.0 Å². The summed E-state index contributed by atoms with van der Waals surface area (Å²) < 4.78 is 31.3. The number of ether oxygens (including phenoxy) is 1. The van der Waals surface area contributed by atoms with Crippen LogP contribution in [-0.2, 0) is 14.8 Å². The molecule has 0 saturated heterocycles. The van der Waals surface area contributed by atoms with Gasteiger partial charge in [-0.15, -0.1) is 0 Å². The van der Waals surface area contributed by atoms with Gasteiger partial charge in [0.25, 0.3) is 0 Å². The molecule has 0 heterocycles.